The number of amides is 2. The zero-order chi connectivity index (χ0) is 14.9. The van der Waals surface area contributed by atoms with E-state index in [1.165, 1.54) is 0 Å². The van der Waals surface area contributed by atoms with Crippen molar-refractivity contribution in [3.8, 4) is 0 Å². The van der Waals surface area contributed by atoms with Gasteiger partial charge in [-0.15, -0.1) is 0 Å². The zero-order valence-electron chi connectivity index (χ0n) is 10.8. The first-order valence-corrected chi connectivity index (χ1v) is 6.03. The summed E-state index contributed by atoms with van der Waals surface area (Å²) in [6.07, 6.45) is -2.66. The van der Waals surface area contributed by atoms with Crippen molar-refractivity contribution in [2.45, 2.75) is 19.3 Å². The van der Waals surface area contributed by atoms with E-state index in [-0.39, 0.29) is 6.61 Å². The topological polar surface area (TPSA) is 72.6 Å². The number of hydroxylamine groups is 2. The summed E-state index contributed by atoms with van der Waals surface area (Å²) in [5.74, 6) is -1.82. The smallest absolute Gasteiger partial charge is 0.258 e. The van der Waals surface area contributed by atoms with Crippen molar-refractivity contribution in [1.82, 2.24) is 5.06 Å². The Labute approximate surface area is 114 Å². The molecule has 2 rings (SSSR count). The lowest BCUT2D eigenvalue weighted by atomic mass is 9.92. The van der Waals surface area contributed by atoms with E-state index >= 15 is 0 Å². The van der Waals surface area contributed by atoms with Gasteiger partial charge in [0.1, 0.15) is 6.54 Å². The molecule has 0 aliphatic carbocycles. The zero-order valence-corrected chi connectivity index (χ0v) is 10.8. The first-order valence-electron chi connectivity index (χ1n) is 6.03. The summed E-state index contributed by atoms with van der Waals surface area (Å²) in [4.78, 5) is 28.3. The third-order valence-corrected chi connectivity index (χ3v) is 3.26. The van der Waals surface area contributed by atoms with Crippen LogP contribution in [0.4, 0.5) is 8.78 Å². The Balaban J connectivity index is 2.28. The van der Waals surface area contributed by atoms with Crippen LogP contribution in [0.3, 0.4) is 0 Å². The average molecular weight is 284 g/mol. The van der Waals surface area contributed by atoms with Gasteiger partial charge in [0.25, 0.3) is 12.3 Å². The van der Waals surface area contributed by atoms with Gasteiger partial charge in [-0.1, -0.05) is 12.1 Å². The number of halogens is 2. The maximum absolute atomic E-state index is 12.3. The summed E-state index contributed by atoms with van der Waals surface area (Å²) in [6, 6.07) is 4.82. The Kier molecular flexibility index (Phi) is 3.99. The molecule has 1 aliphatic rings. The number of benzene rings is 1. The summed E-state index contributed by atoms with van der Waals surface area (Å²) in [6.45, 7) is 0.886. The van der Waals surface area contributed by atoms with Crippen molar-refractivity contribution in [2.24, 2.45) is 5.73 Å². The highest BCUT2D eigenvalue weighted by molar-refractivity contribution is 5.95. The summed E-state index contributed by atoms with van der Waals surface area (Å²) in [5.41, 5.74) is 6.70. The molecule has 1 heterocycles. The number of hydrogen-bond acceptors (Lipinski definition) is 3. The molecule has 1 fully saturated rings. The van der Waals surface area contributed by atoms with Crippen LogP contribution in [-0.4, -0.2) is 36.5 Å². The Hall–Kier alpha value is -2.02. The average Bonchev–Trinajstić information content (AvgIpc) is 2.70. The van der Waals surface area contributed by atoms with Gasteiger partial charge in [0.05, 0.1) is 12.5 Å². The molecule has 0 aromatic heterocycles. The number of rotatable bonds is 4. The van der Waals surface area contributed by atoms with Gasteiger partial charge in [-0.2, -0.15) is 0 Å². The van der Waals surface area contributed by atoms with Crippen LogP contribution < -0.4 is 5.73 Å². The van der Waals surface area contributed by atoms with Gasteiger partial charge < -0.3 is 5.73 Å². The molecule has 1 atom stereocenters. The van der Waals surface area contributed by atoms with Gasteiger partial charge in [-0.3, -0.25) is 14.4 Å². The van der Waals surface area contributed by atoms with Crippen molar-refractivity contribution < 1.29 is 23.2 Å². The molecule has 2 amide bonds. The molecule has 0 radical (unpaired) electrons. The van der Waals surface area contributed by atoms with Crippen molar-refractivity contribution >= 4 is 11.8 Å². The maximum Gasteiger partial charge on any atom is 0.258 e. The molecular weight excluding hydrogens is 270 g/mol. The first-order chi connectivity index (χ1) is 9.41. The highest BCUT2D eigenvalue weighted by Crippen LogP contribution is 2.29. The van der Waals surface area contributed by atoms with E-state index in [1.807, 2.05) is 0 Å². The van der Waals surface area contributed by atoms with Gasteiger partial charge in [-0.25, -0.2) is 13.8 Å². The summed E-state index contributed by atoms with van der Waals surface area (Å²) in [5, 5.41) is 0.672. The summed E-state index contributed by atoms with van der Waals surface area (Å²) >= 11 is 0. The molecule has 108 valence electrons. The fourth-order valence-electron chi connectivity index (χ4n) is 2.26. The highest BCUT2D eigenvalue weighted by Gasteiger charge is 2.36. The van der Waals surface area contributed by atoms with E-state index in [9.17, 15) is 18.4 Å². The molecule has 0 bridgehead atoms. The molecular formula is C13H14F2N2O3. The Morgan fingerprint density at radius 1 is 1.55 bits per heavy atom. The van der Waals surface area contributed by atoms with E-state index in [0.717, 1.165) is 0 Å². The Bertz CT molecular complexity index is 548. The number of nitrogens with zero attached hydrogens (tertiary/aromatic N) is 1. The minimum absolute atomic E-state index is 0.0192. The van der Waals surface area contributed by atoms with Crippen LogP contribution in [0.2, 0.25) is 0 Å². The van der Waals surface area contributed by atoms with Crippen LogP contribution >= 0.6 is 0 Å². The first kappa shape index (κ1) is 14.4. The highest BCUT2D eigenvalue weighted by atomic mass is 19.3. The summed E-state index contributed by atoms with van der Waals surface area (Å²) < 4.78 is 24.6. The molecule has 0 spiro atoms. The lowest BCUT2D eigenvalue weighted by molar-refractivity contribution is -0.169. The minimum Gasteiger partial charge on any atom is -0.366 e. The van der Waals surface area contributed by atoms with Gasteiger partial charge in [0, 0.05) is 5.56 Å². The monoisotopic (exact) mass is 284 g/mol. The SMILES string of the molecule is Cc1c(C(N)=O)cccc1[C@@H]1CON(CC(F)F)C1=O. The molecule has 1 saturated heterocycles. The van der Waals surface area contributed by atoms with Crippen LogP contribution in [0.25, 0.3) is 0 Å². The van der Waals surface area contributed by atoms with Crippen molar-refractivity contribution in [3.05, 3.63) is 34.9 Å². The maximum atomic E-state index is 12.3. The third-order valence-electron chi connectivity index (χ3n) is 3.26. The van der Waals surface area contributed by atoms with E-state index in [4.69, 9.17) is 10.6 Å². The lowest BCUT2D eigenvalue weighted by Gasteiger charge is -2.15. The van der Waals surface area contributed by atoms with E-state index in [0.29, 0.717) is 21.8 Å². The fourth-order valence-corrected chi connectivity index (χ4v) is 2.26. The molecule has 7 heteroatoms. The number of alkyl halides is 2. The lowest BCUT2D eigenvalue weighted by Crippen LogP contribution is -2.30. The second kappa shape index (κ2) is 5.54. The largest absolute Gasteiger partial charge is 0.366 e. The van der Waals surface area contributed by atoms with Gasteiger partial charge in [0.15, 0.2) is 0 Å². The molecule has 0 unspecified atom stereocenters. The standard InChI is InChI=1S/C13H14F2N2O3/c1-7-8(3-2-4-9(7)12(16)18)10-6-20-17(13(10)19)5-11(14)15/h2-4,10-11H,5-6H2,1H3,(H2,16,18)/t10-/m0/s1. The van der Waals surface area contributed by atoms with E-state index in [1.54, 1.807) is 25.1 Å². The van der Waals surface area contributed by atoms with Crippen LogP contribution in [0.1, 0.15) is 27.4 Å². The number of nitrogens with two attached hydrogens (primary N) is 1. The Morgan fingerprint density at radius 3 is 2.85 bits per heavy atom. The number of carbonyl (C=O) groups is 2. The molecule has 5 nitrogen and oxygen atoms in total. The molecule has 1 aromatic rings. The normalized spacial score (nSPS) is 18.9. The van der Waals surface area contributed by atoms with E-state index < -0.39 is 30.7 Å². The van der Waals surface area contributed by atoms with Crippen LogP contribution in [-0.2, 0) is 9.63 Å². The number of primary amides is 1. The molecule has 1 aromatic carbocycles. The second-order valence-electron chi connectivity index (χ2n) is 4.52. The quantitative estimate of drug-likeness (QED) is 0.903. The Morgan fingerprint density at radius 2 is 2.25 bits per heavy atom. The number of hydrogen-bond donors (Lipinski definition) is 1. The van der Waals surface area contributed by atoms with Crippen molar-refractivity contribution in [3.63, 3.8) is 0 Å². The molecule has 2 N–H and O–H groups in total. The van der Waals surface area contributed by atoms with Crippen LogP contribution in [0.15, 0.2) is 18.2 Å². The molecule has 0 saturated carbocycles. The van der Waals surface area contributed by atoms with Crippen LogP contribution in [0, 0.1) is 6.92 Å². The second-order valence-corrected chi connectivity index (χ2v) is 4.52. The van der Waals surface area contributed by atoms with Gasteiger partial charge in [-0.05, 0) is 24.1 Å². The third kappa shape index (κ3) is 2.62. The van der Waals surface area contributed by atoms with Gasteiger partial charge >= 0.3 is 0 Å². The fraction of sp³-hybridized carbons (Fsp3) is 0.385. The van der Waals surface area contributed by atoms with Crippen molar-refractivity contribution in [2.75, 3.05) is 13.2 Å². The summed E-state index contributed by atoms with van der Waals surface area (Å²) in [7, 11) is 0. The van der Waals surface area contributed by atoms with Crippen LogP contribution in [0.5, 0.6) is 0 Å². The predicted molar refractivity (Wildman–Crippen MR) is 66.1 cm³/mol. The van der Waals surface area contributed by atoms with E-state index in [2.05, 4.69) is 0 Å². The molecule has 20 heavy (non-hydrogen) atoms. The predicted octanol–water partition coefficient (Wildman–Crippen LogP) is 1.22. The minimum atomic E-state index is -2.66. The molecule has 1 aliphatic heterocycles. The van der Waals surface area contributed by atoms with Crippen molar-refractivity contribution in [1.29, 1.82) is 0 Å². The number of carbonyl (C=O) groups excluding carboxylic acids is 2. The van der Waals surface area contributed by atoms with Gasteiger partial charge in [0.2, 0.25) is 5.91 Å².